The fraction of sp³-hybridized carbons (Fsp3) is 0.696. The van der Waals surface area contributed by atoms with Gasteiger partial charge in [0.2, 0.25) is 0 Å². The van der Waals surface area contributed by atoms with Gasteiger partial charge in [0.1, 0.15) is 5.82 Å². The molecular formula is C23H32FNO3S. The quantitative estimate of drug-likeness (QED) is 0.582. The lowest BCUT2D eigenvalue weighted by Gasteiger charge is -2.49. The molecule has 0 radical (unpaired) electrons. The monoisotopic (exact) mass is 421 g/mol. The second kappa shape index (κ2) is 8.37. The van der Waals surface area contributed by atoms with E-state index in [4.69, 9.17) is 9.47 Å². The van der Waals surface area contributed by atoms with Crippen molar-refractivity contribution in [2.75, 3.05) is 13.7 Å². The number of benzene rings is 1. The molecule has 1 N–H and O–H groups in total. The van der Waals surface area contributed by atoms with Crippen LogP contribution in [-0.2, 0) is 0 Å². The number of halogens is 1. The molecule has 3 aliphatic carbocycles. The summed E-state index contributed by atoms with van der Waals surface area (Å²) in [4.78, 5) is 12.3. The third-order valence-corrected chi connectivity index (χ3v) is 7.74. The summed E-state index contributed by atoms with van der Waals surface area (Å²) in [6.45, 7) is 5.26. The van der Waals surface area contributed by atoms with Gasteiger partial charge in [-0.2, -0.15) is 0 Å². The maximum absolute atomic E-state index is 14.7. The Balaban J connectivity index is 1.47. The van der Waals surface area contributed by atoms with Crippen LogP contribution >= 0.6 is 11.9 Å². The van der Waals surface area contributed by atoms with Crippen LogP contribution in [0, 0.1) is 29.0 Å². The molecule has 0 spiro atoms. The van der Waals surface area contributed by atoms with Crippen LogP contribution in [0.2, 0.25) is 0 Å². The van der Waals surface area contributed by atoms with Crippen LogP contribution in [0.3, 0.4) is 0 Å². The van der Waals surface area contributed by atoms with Crippen LogP contribution in [0.15, 0.2) is 12.1 Å². The van der Waals surface area contributed by atoms with E-state index in [-0.39, 0.29) is 11.0 Å². The van der Waals surface area contributed by atoms with E-state index in [9.17, 15) is 9.18 Å². The zero-order valence-corrected chi connectivity index (χ0v) is 18.4. The van der Waals surface area contributed by atoms with Crippen molar-refractivity contribution in [1.82, 2.24) is 4.72 Å². The van der Waals surface area contributed by atoms with E-state index in [0.717, 1.165) is 31.6 Å². The van der Waals surface area contributed by atoms with E-state index in [1.807, 2.05) is 0 Å². The Labute approximate surface area is 177 Å². The zero-order chi connectivity index (χ0) is 20.6. The van der Waals surface area contributed by atoms with E-state index in [0.29, 0.717) is 35.2 Å². The Kier molecular flexibility index (Phi) is 6.01. The minimum atomic E-state index is -0.570. The first-order valence-corrected chi connectivity index (χ1v) is 11.7. The van der Waals surface area contributed by atoms with Crippen molar-refractivity contribution in [1.29, 1.82) is 0 Å². The molecule has 0 aromatic heterocycles. The molecule has 0 heterocycles. The molecule has 3 fully saturated rings. The van der Waals surface area contributed by atoms with Gasteiger partial charge in [0.25, 0.3) is 5.91 Å². The van der Waals surface area contributed by atoms with Gasteiger partial charge in [0.05, 0.1) is 19.3 Å². The fourth-order valence-electron chi connectivity index (χ4n) is 5.68. The van der Waals surface area contributed by atoms with Gasteiger partial charge in [-0.25, -0.2) is 4.39 Å². The summed E-state index contributed by atoms with van der Waals surface area (Å²) in [5, 5.41) is 0.463. The van der Waals surface area contributed by atoms with Crippen molar-refractivity contribution in [2.45, 2.75) is 64.0 Å². The van der Waals surface area contributed by atoms with Crippen molar-refractivity contribution in [3.05, 3.63) is 23.5 Å². The number of hydrogen-bond donors (Lipinski definition) is 1. The molecule has 4 rings (SSSR count). The van der Waals surface area contributed by atoms with Crippen LogP contribution in [0.5, 0.6) is 11.5 Å². The minimum Gasteiger partial charge on any atom is -0.493 e. The molecule has 160 valence electrons. The molecule has 2 unspecified atom stereocenters. The van der Waals surface area contributed by atoms with Crippen LogP contribution in [-0.4, -0.2) is 24.9 Å². The lowest BCUT2D eigenvalue weighted by Crippen LogP contribution is -2.42. The van der Waals surface area contributed by atoms with Gasteiger partial charge in [-0.15, -0.1) is 0 Å². The number of amides is 1. The number of rotatable bonds is 7. The number of nitrogens with one attached hydrogen (secondary N) is 1. The smallest absolute Gasteiger partial charge is 0.264 e. The maximum atomic E-state index is 14.7. The predicted octanol–water partition coefficient (Wildman–Crippen LogP) is 5.61. The van der Waals surface area contributed by atoms with Gasteiger partial charge < -0.3 is 9.47 Å². The van der Waals surface area contributed by atoms with Crippen molar-refractivity contribution < 1.29 is 18.7 Å². The predicted molar refractivity (Wildman–Crippen MR) is 114 cm³/mol. The Morgan fingerprint density at radius 1 is 1.17 bits per heavy atom. The molecule has 2 atom stereocenters. The third-order valence-electron chi connectivity index (χ3n) is 6.63. The molecular weight excluding hydrogens is 389 g/mol. The number of fused-ring (bicyclic) bond motifs is 2. The first-order valence-electron chi connectivity index (χ1n) is 10.8. The van der Waals surface area contributed by atoms with E-state index < -0.39 is 11.7 Å². The molecule has 2 bridgehead atoms. The van der Waals surface area contributed by atoms with E-state index >= 15 is 0 Å². The third kappa shape index (κ3) is 4.84. The lowest BCUT2D eigenvalue weighted by molar-refractivity contribution is -0.0170. The molecule has 0 saturated heterocycles. The SMILES string of the molecule is COc1cc(C(=O)NSC2CC2)c(F)cc1OCC12CC(C)CC(CC(C)C1)C2. The first-order chi connectivity index (χ1) is 13.9. The second-order valence-corrected chi connectivity index (χ2v) is 10.8. The zero-order valence-electron chi connectivity index (χ0n) is 17.6. The van der Waals surface area contributed by atoms with Gasteiger partial charge in [-0.3, -0.25) is 9.52 Å². The molecule has 3 saturated carbocycles. The summed E-state index contributed by atoms with van der Waals surface area (Å²) in [6.07, 6.45) is 8.35. The Hall–Kier alpha value is -1.43. The number of hydrogen-bond acceptors (Lipinski definition) is 4. The first kappa shape index (κ1) is 20.8. The standard InChI is InChI=1S/C23H32FNO3S/c1-14-6-16-7-15(2)11-23(10-14,12-16)13-28-21-9-19(24)18(8-20(21)27-3)22(26)25-29-17-4-5-17/h8-9,14-17H,4-7,10-13H2,1-3H3,(H,25,26). The van der Waals surface area contributed by atoms with Crippen LogP contribution < -0.4 is 14.2 Å². The molecule has 1 aromatic rings. The summed E-state index contributed by atoms with van der Waals surface area (Å²) in [7, 11) is 1.53. The van der Waals surface area contributed by atoms with Crippen molar-refractivity contribution in [3.8, 4) is 11.5 Å². The van der Waals surface area contributed by atoms with E-state index in [1.165, 1.54) is 50.5 Å². The molecule has 1 amide bonds. The van der Waals surface area contributed by atoms with Gasteiger partial charge >= 0.3 is 0 Å². The topological polar surface area (TPSA) is 47.6 Å². The van der Waals surface area contributed by atoms with Crippen LogP contribution in [0.1, 0.15) is 69.2 Å². The Bertz CT molecular complexity index is 747. The average Bonchev–Trinajstić information content (AvgIpc) is 3.47. The summed E-state index contributed by atoms with van der Waals surface area (Å²) < 4.78 is 29.0. The Morgan fingerprint density at radius 2 is 1.86 bits per heavy atom. The molecule has 0 aliphatic heterocycles. The van der Waals surface area contributed by atoms with Crippen molar-refractivity contribution in [3.63, 3.8) is 0 Å². The van der Waals surface area contributed by atoms with Gasteiger partial charge in [-0.05, 0) is 80.7 Å². The summed E-state index contributed by atoms with van der Waals surface area (Å²) in [6, 6.07) is 2.77. The molecule has 4 nitrogen and oxygen atoms in total. The van der Waals surface area contributed by atoms with Crippen LogP contribution in [0.25, 0.3) is 0 Å². The van der Waals surface area contributed by atoms with E-state index in [2.05, 4.69) is 18.6 Å². The molecule has 6 heteroatoms. The highest BCUT2D eigenvalue weighted by molar-refractivity contribution is 7.98. The number of carbonyl (C=O) groups is 1. The lowest BCUT2D eigenvalue weighted by atomic mass is 9.57. The highest BCUT2D eigenvalue weighted by atomic mass is 32.2. The normalized spacial score (nSPS) is 31.2. The minimum absolute atomic E-state index is 0.00171. The van der Waals surface area contributed by atoms with Gasteiger partial charge in [0, 0.05) is 16.7 Å². The second-order valence-electron chi connectivity index (χ2n) is 9.68. The van der Waals surface area contributed by atoms with E-state index in [1.54, 1.807) is 0 Å². The summed E-state index contributed by atoms with van der Waals surface area (Å²) in [5.41, 5.74) is 0.163. The summed E-state index contributed by atoms with van der Waals surface area (Å²) in [5.74, 6) is 2.00. The Morgan fingerprint density at radius 3 is 2.48 bits per heavy atom. The fourth-order valence-corrected chi connectivity index (χ4v) is 6.43. The van der Waals surface area contributed by atoms with Crippen LogP contribution in [0.4, 0.5) is 4.39 Å². The number of carbonyl (C=O) groups excluding carboxylic acids is 1. The van der Waals surface area contributed by atoms with Gasteiger partial charge in [0.15, 0.2) is 11.5 Å². The molecule has 29 heavy (non-hydrogen) atoms. The van der Waals surface area contributed by atoms with Gasteiger partial charge in [-0.1, -0.05) is 13.8 Å². The van der Waals surface area contributed by atoms with Crippen molar-refractivity contribution >= 4 is 17.9 Å². The number of methoxy groups -OCH3 is 1. The molecule has 1 aromatic carbocycles. The highest BCUT2D eigenvalue weighted by Gasteiger charge is 2.44. The number of ether oxygens (including phenoxy) is 2. The molecule has 3 aliphatic rings. The highest BCUT2D eigenvalue weighted by Crippen LogP contribution is 2.53. The van der Waals surface area contributed by atoms with Crippen molar-refractivity contribution in [2.24, 2.45) is 23.2 Å². The average molecular weight is 422 g/mol. The maximum Gasteiger partial charge on any atom is 0.264 e. The largest absolute Gasteiger partial charge is 0.493 e. The summed E-state index contributed by atoms with van der Waals surface area (Å²) >= 11 is 1.37.